The largest absolute Gasteiger partial charge is 0.416 e. The number of hydrogen-bond donors (Lipinski definition) is 0. The second kappa shape index (κ2) is 5.56. The van der Waals surface area contributed by atoms with E-state index in [9.17, 15) is 30.4 Å². The van der Waals surface area contributed by atoms with Gasteiger partial charge in [-0.25, -0.2) is 8.78 Å². The Hall–Kier alpha value is -2.16. The maximum atomic E-state index is 13.3. The molecule has 0 saturated heterocycles. The molecule has 0 fully saturated rings. The molecule has 0 aromatic heterocycles. The zero-order valence-corrected chi connectivity index (χ0v) is 11.4. The first kappa shape index (κ1) is 16.2. The number of rotatable bonds is 3. The minimum atomic E-state index is -4.62. The van der Waals surface area contributed by atoms with Gasteiger partial charge in [0.1, 0.15) is 10.7 Å². The monoisotopic (exact) mass is 338 g/mol. The van der Waals surface area contributed by atoms with Gasteiger partial charge >= 0.3 is 16.3 Å². The zero-order valence-electron chi connectivity index (χ0n) is 10.6. The molecule has 0 bridgehead atoms. The van der Waals surface area contributed by atoms with Crippen LogP contribution in [0.15, 0.2) is 47.4 Å². The Morgan fingerprint density at radius 2 is 1.50 bits per heavy atom. The fraction of sp³-hybridized carbons (Fsp3) is 0.0769. The zero-order chi connectivity index (χ0) is 16.5. The molecule has 3 nitrogen and oxygen atoms in total. The smallest absolute Gasteiger partial charge is 0.376 e. The van der Waals surface area contributed by atoms with Gasteiger partial charge in [0.25, 0.3) is 0 Å². The third-order valence-corrected chi connectivity index (χ3v) is 3.81. The van der Waals surface area contributed by atoms with Gasteiger partial charge in [-0.2, -0.15) is 21.6 Å². The third-order valence-electron chi connectivity index (χ3n) is 2.56. The summed E-state index contributed by atoms with van der Waals surface area (Å²) in [5.41, 5.74) is -1.04. The van der Waals surface area contributed by atoms with Gasteiger partial charge < -0.3 is 4.18 Å². The predicted octanol–water partition coefficient (Wildman–Crippen LogP) is 3.75. The van der Waals surface area contributed by atoms with Gasteiger partial charge in [0, 0.05) is 6.07 Å². The van der Waals surface area contributed by atoms with Crippen molar-refractivity contribution in [3.8, 4) is 5.75 Å². The number of benzene rings is 2. The van der Waals surface area contributed by atoms with E-state index in [2.05, 4.69) is 4.18 Å². The highest BCUT2D eigenvalue weighted by Gasteiger charge is 2.31. The van der Waals surface area contributed by atoms with E-state index < -0.39 is 44.1 Å². The molecule has 0 spiro atoms. The Labute approximate surface area is 122 Å². The van der Waals surface area contributed by atoms with Crippen LogP contribution in [0.4, 0.5) is 22.0 Å². The summed E-state index contributed by atoms with van der Waals surface area (Å²) in [6.45, 7) is 0. The number of hydrogen-bond acceptors (Lipinski definition) is 3. The van der Waals surface area contributed by atoms with Gasteiger partial charge in [-0.05, 0) is 36.4 Å². The van der Waals surface area contributed by atoms with Crippen LogP contribution in [-0.2, 0) is 16.3 Å². The lowest BCUT2D eigenvalue weighted by molar-refractivity contribution is -0.137. The second-order valence-corrected chi connectivity index (χ2v) is 5.68. The summed E-state index contributed by atoms with van der Waals surface area (Å²) in [5, 5.41) is 0. The van der Waals surface area contributed by atoms with Crippen LogP contribution >= 0.6 is 0 Å². The molecule has 0 aliphatic carbocycles. The molecule has 2 rings (SSSR count). The Balaban J connectivity index is 2.31. The molecule has 0 unspecified atom stereocenters. The van der Waals surface area contributed by atoms with Gasteiger partial charge in [0.2, 0.25) is 0 Å². The molecule has 0 atom stereocenters. The van der Waals surface area contributed by atoms with Gasteiger partial charge in [-0.15, -0.1) is 0 Å². The van der Waals surface area contributed by atoms with Crippen molar-refractivity contribution in [2.24, 2.45) is 0 Å². The van der Waals surface area contributed by atoms with Crippen LogP contribution in [0.2, 0.25) is 0 Å². The molecule has 2 aromatic carbocycles. The lowest BCUT2D eigenvalue weighted by Crippen LogP contribution is -2.12. The predicted molar refractivity (Wildman–Crippen MR) is 65.6 cm³/mol. The van der Waals surface area contributed by atoms with Crippen LogP contribution in [0.5, 0.6) is 5.75 Å². The fourth-order valence-electron chi connectivity index (χ4n) is 1.52. The Morgan fingerprint density at radius 1 is 0.909 bits per heavy atom. The second-order valence-electron chi connectivity index (χ2n) is 4.13. The molecule has 0 radical (unpaired) electrons. The van der Waals surface area contributed by atoms with E-state index in [1.807, 2.05) is 0 Å². The molecule has 0 N–H and O–H groups in total. The Kier molecular flexibility index (Phi) is 4.10. The topological polar surface area (TPSA) is 43.4 Å². The maximum absolute atomic E-state index is 13.3. The van der Waals surface area contributed by atoms with Crippen molar-refractivity contribution in [1.82, 2.24) is 0 Å². The summed E-state index contributed by atoms with van der Waals surface area (Å²) in [4.78, 5) is -0.593. The van der Waals surface area contributed by atoms with Gasteiger partial charge in [-0.1, -0.05) is 0 Å². The average molecular weight is 338 g/mol. The van der Waals surface area contributed by atoms with E-state index in [0.29, 0.717) is 30.3 Å². The van der Waals surface area contributed by atoms with Crippen LogP contribution in [0.3, 0.4) is 0 Å². The maximum Gasteiger partial charge on any atom is 0.416 e. The summed E-state index contributed by atoms with van der Waals surface area (Å²) in [6.07, 6.45) is -4.62. The molecule has 22 heavy (non-hydrogen) atoms. The molecule has 0 amide bonds. The van der Waals surface area contributed by atoms with Crippen molar-refractivity contribution in [2.45, 2.75) is 11.1 Å². The molecular weight excluding hydrogens is 331 g/mol. The van der Waals surface area contributed by atoms with Crippen LogP contribution < -0.4 is 4.18 Å². The molecular formula is C13H7F5O3S. The van der Waals surface area contributed by atoms with Crippen molar-refractivity contribution >= 4 is 10.1 Å². The molecule has 118 valence electrons. The van der Waals surface area contributed by atoms with Crippen LogP contribution in [0.1, 0.15) is 5.56 Å². The van der Waals surface area contributed by atoms with Crippen LogP contribution in [-0.4, -0.2) is 8.42 Å². The van der Waals surface area contributed by atoms with Crippen molar-refractivity contribution < 1.29 is 34.6 Å². The van der Waals surface area contributed by atoms with Gasteiger partial charge in [0.15, 0.2) is 11.6 Å². The third kappa shape index (κ3) is 3.53. The first-order valence-corrected chi connectivity index (χ1v) is 7.07. The number of alkyl halides is 3. The molecule has 0 aliphatic rings. The molecule has 2 aromatic rings. The highest BCUT2D eigenvalue weighted by atomic mass is 32.2. The lowest BCUT2D eigenvalue weighted by Gasteiger charge is -2.10. The van der Waals surface area contributed by atoms with Crippen molar-refractivity contribution in [2.75, 3.05) is 0 Å². The molecule has 0 saturated carbocycles. The summed E-state index contributed by atoms with van der Waals surface area (Å²) in [7, 11) is -4.54. The molecule has 9 heteroatoms. The summed E-state index contributed by atoms with van der Waals surface area (Å²) < 4.78 is 91.3. The van der Waals surface area contributed by atoms with Gasteiger partial charge in [-0.3, -0.25) is 0 Å². The minimum absolute atomic E-state index is 0.414. The van der Waals surface area contributed by atoms with Crippen molar-refractivity contribution in [3.63, 3.8) is 0 Å². The standard InChI is InChI=1S/C13H7F5O3S/c14-9-3-6-12(11(15)7-9)21-22(19,20)10-4-1-8(2-5-10)13(16,17)18/h1-7H. The summed E-state index contributed by atoms with van der Waals surface area (Å²) in [5.74, 6) is -2.95. The van der Waals surface area contributed by atoms with Gasteiger partial charge in [0.05, 0.1) is 5.56 Å². The van der Waals surface area contributed by atoms with E-state index >= 15 is 0 Å². The highest BCUT2D eigenvalue weighted by molar-refractivity contribution is 7.87. The highest BCUT2D eigenvalue weighted by Crippen LogP contribution is 2.30. The first-order valence-electron chi connectivity index (χ1n) is 5.66. The van der Waals surface area contributed by atoms with E-state index in [1.54, 1.807) is 0 Å². The minimum Gasteiger partial charge on any atom is -0.376 e. The molecule has 0 heterocycles. The van der Waals surface area contributed by atoms with E-state index in [-0.39, 0.29) is 0 Å². The molecule has 0 aliphatic heterocycles. The average Bonchev–Trinajstić information content (AvgIpc) is 2.41. The Morgan fingerprint density at radius 3 is 2.00 bits per heavy atom. The fourth-order valence-corrected chi connectivity index (χ4v) is 2.46. The van der Waals surface area contributed by atoms with E-state index in [1.165, 1.54) is 0 Å². The van der Waals surface area contributed by atoms with E-state index in [4.69, 9.17) is 0 Å². The normalized spacial score (nSPS) is 12.2. The Bertz CT molecular complexity index is 782. The van der Waals surface area contributed by atoms with Crippen LogP contribution in [0, 0.1) is 11.6 Å². The lowest BCUT2D eigenvalue weighted by atomic mass is 10.2. The van der Waals surface area contributed by atoms with Crippen LogP contribution in [0.25, 0.3) is 0 Å². The number of halogens is 5. The SMILES string of the molecule is O=S(=O)(Oc1ccc(F)cc1F)c1ccc(C(F)(F)F)cc1. The summed E-state index contributed by atoms with van der Waals surface area (Å²) >= 11 is 0. The first-order chi connectivity index (χ1) is 10.1. The van der Waals surface area contributed by atoms with Crippen molar-refractivity contribution in [1.29, 1.82) is 0 Å². The summed E-state index contributed by atoms with van der Waals surface area (Å²) in [6, 6.07) is 4.41. The van der Waals surface area contributed by atoms with E-state index in [0.717, 1.165) is 12.1 Å². The van der Waals surface area contributed by atoms with Crippen molar-refractivity contribution in [3.05, 3.63) is 59.7 Å². The quantitative estimate of drug-likeness (QED) is 0.632.